The quantitative estimate of drug-likeness (QED) is 0.355. The Morgan fingerprint density at radius 2 is 1.61 bits per heavy atom. The number of nitrogens with zero attached hydrogens (tertiary/aromatic N) is 3. The van der Waals surface area contributed by atoms with Gasteiger partial charge in [-0.3, -0.25) is 4.79 Å². The third-order valence-corrected chi connectivity index (χ3v) is 3.11. The molecule has 0 spiro atoms. The van der Waals surface area contributed by atoms with Crippen LogP contribution in [-0.4, -0.2) is 22.0 Å². The second kappa shape index (κ2) is 7.82. The van der Waals surface area contributed by atoms with Crippen LogP contribution in [0.25, 0.3) is 5.53 Å². The number of carbonyl (C=O) groups is 1. The number of oxime groups is 1. The van der Waals surface area contributed by atoms with Crippen molar-refractivity contribution >= 4 is 17.2 Å². The number of rotatable bonds is 6. The summed E-state index contributed by atoms with van der Waals surface area (Å²) >= 11 is 0. The first kappa shape index (κ1) is 16.3. The van der Waals surface area contributed by atoms with Gasteiger partial charge in [0, 0.05) is 11.5 Å². The lowest BCUT2D eigenvalue weighted by molar-refractivity contribution is -0.119. The topological polar surface area (TPSA) is 75.1 Å². The van der Waals surface area contributed by atoms with Crippen LogP contribution in [0.3, 0.4) is 0 Å². The Morgan fingerprint density at radius 3 is 2.13 bits per heavy atom. The molecule has 0 bridgehead atoms. The van der Waals surface area contributed by atoms with Crippen molar-refractivity contribution in [2.45, 2.75) is 13.8 Å². The first-order chi connectivity index (χ1) is 11.1. The van der Waals surface area contributed by atoms with E-state index in [0.29, 0.717) is 11.3 Å². The molecule has 0 aromatic heterocycles. The zero-order valence-electron chi connectivity index (χ0n) is 13.0. The highest BCUT2D eigenvalue weighted by Crippen LogP contribution is 2.11. The molecular weight excluding hydrogens is 290 g/mol. The smallest absolute Gasteiger partial charge is 0.361 e. The van der Waals surface area contributed by atoms with Crippen LogP contribution in [-0.2, 0) is 4.79 Å². The Bertz CT molecular complexity index is 746. The molecule has 0 aliphatic carbocycles. The number of ketones is 1. The van der Waals surface area contributed by atoms with Crippen molar-refractivity contribution in [2.24, 2.45) is 11.1 Å². The molecule has 116 valence electrons. The lowest BCUT2D eigenvalue weighted by Crippen LogP contribution is -2.30. The number of para-hydroxylation sites is 1. The SMILES string of the molecule is CC(C)C(=O)C(=[N+]=[N-])/C(=N\Oc1ccccc1)c1ccccc1. The van der Waals surface area contributed by atoms with E-state index < -0.39 is 0 Å². The maximum Gasteiger partial charge on any atom is 0.387 e. The van der Waals surface area contributed by atoms with Gasteiger partial charge >= 0.3 is 5.71 Å². The van der Waals surface area contributed by atoms with E-state index in [1.54, 1.807) is 38.1 Å². The Kier molecular flexibility index (Phi) is 5.56. The molecule has 0 saturated carbocycles. The summed E-state index contributed by atoms with van der Waals surface area (Å²) < 4.78 is 0. The average Bonchev–Trinajstić information content (AvgIpc) is 2.59. The van der Waals surface area contributed by atoms with Gasteiger partial charge in [-0.1, -0.05) is 67.5 Å². The summed E-state index contributed by atoms with van der Waals surface area (Å²) in [6.45, 7) is 3.46. The molecular formula is C18H17N3O2. The summed E-state index contributed by atoms with van der Waals surface area (Å²) in [6.07, 6.45) is 0. The van der Waals surface area contributed by atoms with Crippen LogP contribution < -0.4 is 4.84 Å². The maximum atomic E-state index is 12.3. The van der Waals surface area contributed by atoms with Gasteiger partial charge in [-0.15, -0.1) is 0 Å². The third-order valence-electron chi connectivity index (χ3n) is 3.11. The Labute approximate surface area is 134 Å². The van der Waals surface area contributed by atoms with Gasteiger partial charge in [-0.05, 0) is 12.1 Å². The average molecular weight is 307 g/mol. The van der Waals surface area contributed by atoms with Gasteiger partial charge in [0.25, 0.3) is 0 Å². The molecule has 0 unspecified atom stereocenters. The summed E-state index contributed by atoms with van der Waals surface area (Å²) in [5.74, 6) is -0.117. The van der Waals surface area contributed by atoms with Crippen molar-refractivity contribution in [1.82, 2.24) is 0 Å². The number of hydrogen-bond donors (Lipinski definition) is 0. The van der Waals surface area contributed by atoms with E-state index in [1.807, 2.05) is 36.4 Å². The predicted molar refractivity (Wildman–Crippen MR) is 88.5 cm³/mol. The fraction of sp³-hybridized carbons (Fsp3) is 0.167. The van der Waals surface area contributed by atoms with E-state index in [4.69, 9.17) is 4.84 Å². The molecule has 0 heterocycles. The van der Waals surface area contributed by atoms with Crippen LogP contribution >= 0.6 is 0 Å². The van der Waals surface area contributed by atoms with Gasteiger partial charge in [0.1, 0.15) is 0 Å². The second-order valence-corrected chi connectivity index (χ2v) is 5.18. The van der Waals surface area contributed by atoms with Crippen LogP contribution in [0.15, 0.2) is 65.8 Å². The number of Topliss-reactive ketones (excluding diaryl/α,β-unsaturated/α-hetero) is 1. The normalized spacial score (nSPS) is 11.0. The van der Waals surface area contributed by atoms with Crippen LogP contribution in [0.4, 0.5) is 0 Å². The minimum Gasteiger partial charge on any atom is -0.361 e. The zero-order valence-corrected chi connectivity index (χ0v) is 13.0. The summed E-state index contributed by atoms with van der Waals surface area (Å²) in [4.78, 5) is 20.8. The van der Waals surface area contributed by atoms with Crippen molar-refractivity contribution in [2.75, 3.05) is 0 Å². The van der Waals surface area contributed by atoms with Gasteiger partial charge < -0.3 is 10.4 Å². The third kappa shape index (κ3) is 4.22. The minimum atomic E-state index is -0.327. The zero-order chi connectivity index (χ0) is 16.7. The molecule has 5 nitrogen and oxygen atoms in total. The highest BCUT2D eigenvalue weighted by atomic mass is 16.6. The Morgan fingerprint density at radius 1 is 1.04 bits per heavy atom. The summed E-state index contributed by atoms with van der Waals surface area (Å²) in [5.41, 5.74) is 10.0. The molecule has 0 saturated heterocycles. The molecule has 23 heavy (non-hydrogen) atoms. The molecule has 5 heteroatoms. The standard InChI is InChI=1S/C18H17N3O2/c1-13(2)18(22)17(20-19)16(14-9-5-3-6-10-14)21-23-15-11-7-4-8-12-15/h3-13H,1-2H3/b21-16-. The lowest BCUT2D eigenvalue weighted by atomic mass is 9.97. The van der Waals surface area contributed by atoms with Crippen molar-refractivity contribution in [3.63, 3.8) is 0 Å². The van der Waals surface area contributed by atoms with E-state index in [0.717, 1.165) is 0 Å². The molecule has 0 fully saturated rings. The molecule has 2 aromatic rings. The van der Waals surface area contributed by atoms with E-state index in [9.17, 15) is 10.3 Å². The summed E-state index contributed by atoms with van der Waals surface area (Å²) in [7, 11) is 0. The number of hydrogen-bond acceptors (Lipinski definition) is 3. The van der Waals surface area contributed by atoms with Gasteiger partial charge in [0.05, 0.1) is 0 Å². The molecule has 0 amide bonds. The largest absolute Gasteiger partial charge is 0.387 e. The molecule has 0 aliphatic heterocycles. The Hall–Kier alpha value is -3.04. The van der Waals surface area contributed by atoms with E-state index in [1.165, 1.54) is 0 Å². The van der Waals surface area contributed by atoms with Crippen molar-refractivity contribution < 1.29 is 14.4 Å². The first-order valence-corrected chi connectivity index (χ1v) is 7.25. The minimum absolute atomic E-state index is 0.123. The maximum absolute atomic E-state index is 12.3. The molecule has 0 aliphatic rings. The van der Waals surface area contributed by atoms with Gasteiger partial charge in [0.2, 0.25) is 11.5 Å². The molecule has 0 N–H and O–H groups in total. The van der Waals surface area contributed by atoms with E-state index in [2.05, 4.69) is 9.95 Å². The number of benzene rings is 2. The summed E-state index contributed by atoms with van der Waals surface area (Å²) in [5, 5.41) is 4.04. The van der Waals surface area contributed by atoms with E-state index >= 15 is 0 Å². The van der Waals surface area contributed by atoms with Crippen LogP contribution in [0.1, 0.15) is 19.4 Å². The molecule has 0 radical (unpaired) electrons. The monoisotopic (exact) mass is 307 g/mol. The van der Waals surface area contributed by atoms with E-state index in [-0.39, 0.29) is 23.1 Å². The second-order valence-electron chi connectivity index (χ2n) is 5.18. The van der Waals surface area contributed by atoms with Gasteiger partial charge in [-0.2, -0.15) is 4.79 Å². The predicted octanol–water partition coefficient (Wildman–Crippen LogP) is 3.37. The fourth-order valence-corrected chi connectivity index (χ4v) is 1.90. The van der Waals surface area contributed by atoms with Crippen molar-refractivity contribution in [3.05, 3.63) is 71.8 Å². The number of carbonyl (C=O) groups excluding carboxylic acids is 1. The Balaban J connectivity index is 2.44. The lowest BCUT2D eigenvalue weighted by Gasteiger charge is -2.05. The molecule has 2 rings (SSSR count). The van der Waals surface area contributed by atoms with Crippen molar-refractivity contribution in [3.8, 4) is 5.75 Å². The summed E-state index contributed by atoms with van der Waals surface area (Å²) in [6, 6.07) is 18.0. The fourth-order valence-electron chi connectivity index (χ4n) is 1.90. The molecule has 2 aromatic carbocycles. The molecule has 0 atom stereocenters. The van der Waals surface area contributed by atoms with Crippen molar-refractivity contribution in [1.29, 1.82) is 0 Å². The van der Waals surface area contributed by atoms with Gasteiger partial charge in [0.15, 0.2) is 5.75 Å². The highest BCUT2D eigenvalue weighted by molar-refractivity contribution is 6.68. The van der Waals surface area contributed by atoms with Gasteiger partial charge in [-0.25, -0.2) is 0 Å². The van der Waals surface area contributed by atoms with Crippen LogP contribution in [0.5, 0.6) is 5.75 Å². The first-order valence-electron chi connectivity index (χ1n) is 7.25. The highest BCUT2D eigenvalue weighted by Gasteiger charge is 2.31. The van der Waals surface area contributed by atoms with Crippen LogP contribution in [0.2, 0.25) is 0 Å². The van der Waals surface area contributed by atoms with Crippen LogP contribution in [0, 0.1) is 5.92 Å².